The fourth-order valence-electron chi connectivity index (χ4n) is 5.63. The van der Waals surface area contributed by atoms with Gasteiger partial charge in [0.25, 0.3) is 11.2 Å². The quantitative estimate of drug-likeness (QED) is 0.0428. The Balaban J connectivity index is 2.12. The monoisotopic (exact) mass is 760 g/mol. The van der Waals surface area contributed by atoms with Crippen LogP contribution in [0.25, 0.3) is 0 Å². The number of hydrogen-bond acceptors (Lipinski definition) is 8. The second kappa shape index (κ2) is 22.5. The summed E-state index contributed by atoms with van der Waals surface area (Å²) in [6, 6.07) is 11.8. The summed E-state index contributed by atoms with van der Waals surface area (Å²) in [6.45, 7) is 0.308. The lowest BCUT2D eigenvalue weighted by Crippen LogP contribution is -2.54. The summed E-state index contributed by atoms with van der Waals surface area (Å²) in [5.41, 5.74) is -8.49. The van der Waals surface area contributed by atoms with E-state index in [9.17, 15) is 40.7 Å². The van der Waals surface area contributed by atoms with Gasteiger partial charge in [-0.1, -0.05) is 112 Å². The number of allylic oxidation sites excluding steroid dienone is 2. The molecule has 14 heteroatoms. The molecule has 0 saturated heterocycles. The van der Waals surface area contributed by atoms with Gasteiger partial charge < -0.3 is 23.7 Å². The molecule has 0 spiro atoms. The fourth-order valence-corrected chi connectivity index (χ4v) is 5.63. The van der Waals surface area contributed by atoms with E-state index in [4.69, 9.17) is 23.7 Å². The first kappa shape index (κ1) is 45.4. The van der Waals surface area contributed by atoms with Crippen LogP contribution in [0.1, 0.15) is 88.7 Å². The molecular formula is C39H50F6O8. The van der Waals surface area contributed by atoms with E-state index in [0.29, 0.717) is 27.1 Å². The number of unbranched alkanes of at least 4 members (excludes halogenated alkanes) is 8. The molecular weight excluding hydrogens is 710 g/mol. The molecule has 0 aliphatic carbocycles. The molecule has 296 valence electrons. The maximum absolute atomic E-state index is 14.5. The van der Waals surface area contributed by atoms with Crippen LogP contribution in [0, 0.1) is 0 Å². The van der Waals surface area contributed by atoms with Gasteiger partial charge in [0.2, 0.25) is 0 Å². The zero-order chi connectivity index (χ0) is 39.4. The van der Waals surface area contributed by atoms with Crippen molar-refractivity contribution in [1.82, 2.24) is 0 Å². The van der Waals surface area contributed by atoms with Gasteiger partial charge in [-0.05, 0) is 31.8 Å². The van der Waals surface area contributed by atoms with E-state index in [1.165, 1.54) is 74.6 Å². The number of hydrogen-bond donors (Lipinski definition) is 0. The second-order valence-electron chi connectivity index (χ2n) is 12.4. The first-order chi connectivity index (χ1) is 25.2. The van der Waals surface area contributed by atoms with Gasteiger partial charge in [0.05, 0.1) is 6.61 Å². The predicted octanol–water partition coefficient (Wildman–Crippen LogP) is 9.10. The standard InChI is InChI=1S/C39H50F6O8/c1-4-5-6-7-8-9-10-11-18-25-32(46)26-19-20-27-51-28-33(53-35(48)37(50-3,39(43,44)45)31-23-16-13-17-24-31)29-52-34(47)36(49-2,38(40,41)42)30-21-14-12-15-22-30/h12-18,21-25,33H,4-11,19-20,26-29H2,1-3H3/b25-18+/t33-,36+,37+/m1/s1. The molecule has 53 heavy (non-hydrogen) atoms. The molecule has 0 amide bonds. The molecule has 0 heterocycles. The van der Waals surface area contributed by atoms with Gasteiger partial charge in [0, 0.05) is 38.4 Å². The normalized spacial score (nSPS) is 15.0. The molecule has 0 aromatic heterocycles. The Kier molecular flexibility index (Phi) is 19.2. The van der Waals surface area contributed by atoms with Gasteiger partial charge in [0.15, 0.2) is 11.9 Å². The largest absolute Gasteiger partial charge is 0.459 e. The highest BCUT2D eigenvalue weighted by molar-refractivity contribution is 5.89. The fraction of sp³-hybridized carbons (Fsp3) is 0.564. The molecule has 2 aromatic carbocycles. The minimum absolute atomic E-state index is 0.0566. The van der Waals surface area contributed by atoms with Crippen molar-refractivity contribution in [2.75, 3.05) is 34.0 Å². The summed E-state index contributed by atoms with van der Waals surface area (Å²) in [6.07, 6.45) is 0.755. The molecule has 0 radical (unpaired) electrons. The van der Waals surface area contributed by atoms with Crippen LogP contribution < -0.4 is 0 Å². The third-order valence-corrected chi connectivity index (χ3v) is 8.56. The van der Waals surface area contributed by atoms with Gasteiger partial charge in [-0.25, -0.2) is 9.59 Å². The smallest absolute Gasteiger partial charge is 0.432 e. The van der Waals surface area contributed by atoms with Crippen LogP contribution in [0.15, 0.2) is 72.8 Å². The van der Waals surface area contributed by atoms with Crippen molar-refractivity contribution in [3.63, 3.8) is 0 Å². The summed E-state index contributed by atoms with van der Waals surface area (Å²) < 4.78 is 112. The first-order valence-corrected chi connectivity index (χ1v) is 17.7. The van der Waals surface area contributed by atoms with Crippen molar-refractivity contribution < 1.29 is 64.4 Å². The van der Waals surface area contributed by atoms with E-state index in [2.05, 4.69) is 6.92 Å². The lowest BCUT2D eigenvalue weighted by atomic mass is 9.92. The number of esters is 2. The molecule has 0 saturated carbocycles. The van der Waals surface area contributed by atoms with Crippen LogP contribution >= 0.6 is 0 Å². The minimum atomic E-state index is -5.35. The Hall–Kier alpha value is -3.75. The third-order valence-electron chi connectivity index (χ3n) is 8.56. The Morgan fingerprint density at radius 3 is 1.68 bits per heavy atom. The van der Waals surface area contributed by atoms with Crippen LogP contribution in [0.4, 0.5) is 26.3 Å². The molecule has 0 bridgehead atoms. The number of ether oxygens (including phenoxy) is 5. The molecule has 2 rings (SSSR count). The lowest BCUT2D eigenvalue weighted by Gasteiger charge is -2.34. The highest BCUT2D eigenvalue weighted by Crippen LogP contribution is 2.44. The van der Waals surface area contributed by atoms with E-state index in [1.54, 1.807) is 0 Å². The Morgan fingerprint density at radius 2 is 1.17 bits per heavy atom. The van der Waals surface area contributed by atoms with Gasteiger partial charge in [-0.2, -0.15) is 26.3 Å². The maximum Gasteiger partial charge on any atom is 0.432 e. The Labute approximate surface area is 307 Å². The molecule has 0 unspecified atom stereocenters. The Morgan fingerprint density at radius 1 is 0.660 bits per heavy atom. The van der Waals surface area contributed by atoms with Crippen molar-refractivity contribution in [3.05, 3.63) is 83.9 Å². The van der Waals surface area contributed by atoms with Crippen LogP contribution in [-0.2, 0) is 49.3 Å². The molecule has 0 N–H and O–H groups in total. The zero-order valence-corrected chi connectivity index (χ0v) is 30.4. The Bertz CT molecular complexity index is 1400. The summed E-state index contributed by atoms with van der Waals surface area (Å²) in [7, 11) is 1.30. The molecule has 0 aliphatic heterocycles. The number of rotatable bonds is 25. The first-order valence-electron chi connectivity index (χ1n) is 17.7. The van der Waals surface area contributed by atoms with Gasteiger partial charge in [0.1, 0.15) is 6.61 Å². The maximum atomic E-state index is 14.5. The summed E-state index contributed by atoms with van der Waals surface area (Å²) in [5.74, 6) is -4.00. The van der Waals surface area contributed by atoms with Crippen LogP contribution in [0.5, 0.6) is 0 Å². The molecule has 3 atom stereocenters. The number of benzene rings is 2. The van der Waals surface area contributed by atoms with Crippen molar-refractivity contribution in [3.8, 4) is 0 Å². The number of alkyl halides is 6. The van der Waals surface area contributed by atoms with E-state index in [-0.39, 0.29) is 18.8 Å². The van der Waals surface area contributed by atoms with E-state index in [1.807, 2.05) is 6.08 Å². The highest BCUT2D eigenvalue weighted by Gasteiger charge is 2.65. The van der Waals surface area contributed by atoms with Crippen molar-refractivity contribution in [2.24, 2.45) is 0 Å². The molecule has 2 aromatic rings. The predicted molar refractivity (Wildman–Crippen MR) is 185 cm³/mol. The minimum Gasteiger partial charge on any atom is -0.459 e. The second-order valence-corrected chi connectivity index (χ2v) is 12.4. The number of ketones is 1. The summed E-state index contributed by atoms with van der Waals surface area (Å²) in [4.78, 5) is 38.7. The van der Waals surface area contributed by atoms with Crippen molar-refractivity contribution >= 4 is 17.7 Å². The van der Waals surface area contributed by atoms with E-state index < -0.39 is 65.9 Å². The van der Waals surface area contributed by atoms with Gasteiger partial charge in [-0.15, -0.1) is 0 Å². The van der Waals surface area contributed by atoms with Crippen LogP contribution in [0.2, 0.25) is 0 Å². The van der Waals surface area contributed by atoms with Crippen LogP contribution in [0.3, 0.4) is 0 Å². The molecule has 8 nitrogen and oxygen atoms in total. The number of methoxy groups -OCH3 is 2. The lowest BCUT2D eigenvalue weighted by molar-refractivity contribution is -0.283. The van der Waals surface area contributed by atoms with Gasteiger partial charge >= 0.3 is 24.3 Å². The summed E-state index contributed by atoms with van der Waals surface area (Å²) >= 11 is 0. The van der Waals surface area contributed by atoms with E-state index in [0.717, 1.165) is 43.5 Å². The average Bonchev–Trinajstić information content (AvgIpc) is 3.12. The zero-order valence-electron chi connectivity index (χ0n) is 30.4. The molecule has 0 aliphatic rings. The van der Waals surface area contributed by atoms with Crippen molar-refractivity contribution in [1.29, 1.82) is 0 Å². The van der Waals surface area contributed by atoms with Crippen LogP contribution in [-0.4, -0.2) is 70.2 Å². The molecule has 0 fully saturated rings. The highest BCUT2D eigenvalue weighted by atomic mass is 19.4. The third kappa shape index (κ3) is 13.0. The summed E-state index contributed by atoms with van der Waals surface area (Å²) in [5, 5.41) is 0. The number of carbonyl (C=O) groups excluding carboxylic acids is 3. The topological polar surface area (TPSA) is 97.4 Å². The number of halogens is 6. The van der Waals surface area contributed by atoms with E-state index >= 15 is 0 Å². The average molecular weight is 761 g/mol. The SMILES string of the molecule is CCCCCCCCC/C=C/C(=O)CCCCOC[C@H](COC(=O)[C@@](OC)(c1ccccc1)C(F)(F)F)OC(=O)[C@@](OC)(c1ccccc1)C(F)(F)F. The number of carbonyl (C=O) groups is 3. The van der Waals surface area contributed by atoms with Gasteiger partial charge in [-0.3, -0.25) is 4.79 Å². The van der Waals surface area contributed by atoms with Crippen molar-refractivity contribution in [2.45, 2.75) is 107 Å².